The van der Waals surface area contributed by atoms with Gasteiger partial charge >= 0.3 is 5.97 Å². The lowest BCUT2D eigenvalue weighted by molar-refractivity contribution is 0.0501. The van der Waals surface area contributed by atoms with E-state index in [0.29, 0.717) is 18.5 Å². The van der Waals surface area contributed by atoms with Crippen LogP contribution in [0.15, 0.2) is 53.4 Å². The van der Waals surface area contributed by atoms with Crippen LogP contribution in [0.2, 0.25) is 0 Å². The molecule has 0 radical (unpaired) electrons. The fourth-order valence-corrected chi connectivity index (χ4v) is 3.21. The van der Waals surface area contributed by atoms with Crippen LogP contribution in [0.3, 0.4) is 0 Å². The maximum atomic E-state index is 12.5. The maximum absolute atomic E-state index is 12.5. The number of carbonyl (C=O) groups excluding carboxylic acids is 1. The monoisotopic (exact) mass is 358 g/mol. The molecule has 0 amide bonds. The van der Waals surface area contributed by atoms with Gasteiger partial charge in [0.1, 0.15) is 0 Å². The highest BCUT2D eigenvalue weighted by Crippen LogP contribution is 2.18. The van der Waals surface area contributed by atoms with E-state index in [0.717, 1.165) is 5.56 Å². The van der Waals surface area contributed by atoms with Gasteiger partial charge in [0, 0.05) is 12.1 Å². The van der Waals surface area contributed by atoms with Crippen LogP contribution in [0.25, 0.3) is 0 Å². The van der Waals surface area contributed by atoms with Gasteiger partial charge in [0.15, 0.2) is 0 Å². The number of benzene rings is 2. The molecule has 7 heteroatoms. The number of nitriles is 1. The summed E-state index contributed by atoms with van der Waals surface area (Å²) in [5.74, 6) is -0.620. The van der Waals surface area contributed by atoms with Crippen molar-refractivity contribution in [3.63, 3.8) is 0 Å². The van der Waals surface area contributed by atoms with Gasteiger partial charge in [-0.2, -0.15) is 5.26 Å². The van der Waals surface area contributed by atoms with Gasteiger partial charge in [-0.05, 0) is 49.2 Å². The van der Waals surface area contributed by atoms with Crippen molar-refractivity contribution in [1.29, 1.82) is 5.26 Å². The third-order valence-corrected chi connectivity index (χ3v) is 4.70. The highest BCUT2D eigenvalue weighted by atomic mass is 32.2. The standard InChI is InChI=1S/C18H18N2O4S/c1-14-6-4-8-16(12-14)20-25(22,23)17-9-5-7-15(13-17)18(21)24-11-3-2-10-19/h4-9,12-13,20H,2-3,11H2,1H3. The molecule has 0 saturated carbocycles. The quantitative estimate of drug-likeness (QED) is 0.605. The second-order valence-electron chi connectivity index (χ2n) is 5.40. The summed E-state index contributed by atoms with van der Waals surface area (Å²) in [6.07, 6.45) is 0.733. The van der Waals surface area contributed by atoms with Crippen molar-refractivity contribution in [2.45, 2.75) is 24.7 Å². The molecule has 2 aromatic carbocycles. The summed E-state index contributed by atoms with van der Waals surface area (Å²) in [6.45, 7) is 1.98. The topological polar surface area (TPSA) is 96.3 Å². The lowest BCUT2D eigenvalue weighted by atomic mass is 10.2. The van der Waals surface area contributed by atoms with Gasteiger partial charge in [0.25, 0.3) is 10.0 Å². The van der Waals surface area contributed by atoms with Crippen molar-refractivity contribution in [3.05, 3.63) is 59.7 Å². The molecule has 2 aromatic rings. The van der Waals surface area contributed by atoms with E-state index in [1.54, 1.807) is 18.2 Å². The Bertz CT molecular complexity index is 901. The summed E-state index contributed by atoms with van der Waals surface area (Å²) < 4.78 is 32.5. The van der Waals surface area contributed by atoms with E-state index in [2.05, 4.69) is 4.72 Å². The number of rotatable bonds is 7. The van der Waals surface area contributed by atoms with Crippen LogP contribution >= 0.6 is 0 Å². The van der Waals surface area contributed by atoms with E-state index in [4.69, 9.17) is 10.00 Å². The summed E-state index contributed by atoms with van der Waals surface area (Å²) >= 11 is 0. The predicted octanol–water partition coefficient (Wildman–Crippen LogP) is 3.26. The minimum absolute atomic E-state index is 0.0273. The van der Waals surface area contributed by atoms with E-state index in [9.17, 15) is 13.2 Å². The average molecular weight is 358 g/mol. The van der Waals surface area contributed by atoms with Crippen molar-refractivity contribution in [2.75, 3.05) is 11.3 Å². The lowest BCUT2D eigenvalue weighted by Gasteiger charge is -2.10. The minimum atomic E-state index is -3.82. The second-order valence-corrected chi connectivity index (χ2v) is 7.08. The van der Waals surface area contributed by atoms with Gasteiger partial charge in [-0.3, -0.25) is 4.72 Å². The third kappa shape index (κ3) is 5.33. The second kappa shape index (κ2) is 8.31. The van der Waals surface area contributed by atoms with E-state index in [1.807, 2.05) is 19.1 Å². The molecule has 0 saturated heterocycles. The number of hydrogen-bond acceptors (Lipinski definition) is 5. The first-order chi connectivity index (χ1) is 11.9. The molecule has 6 nitrogen and oxygen atoms in total. The molecular formula is C18H18N2O4S. The van der Waals surface area contributed by atoms with Crippen LogP contribution in [-0.4, -0.2) is 21.0 Å². The van der Waals surface area contributed by atoms with Crippen LogP contribution in [0, 0.1) is 18.3 Å². The lowest BCUT2D eigenvalue weighted by Crippen LogP contribution is -2.14. The van der Waals surface area contributed by atoms with Crippen LogP contribution in [0.4, 0.5) is 5.69 Å². The van der Waals surface area contributed by atoms with Crippen molar-refractivity contribution in [2.24, 2.45) is 0 Å². The molecule has 0 heterocycles. The number of carbonyl (C=O) groups is 1. The molecule has 130 valence electrons. The first-order valence-corrected chi connectivity index (χ1v) is 9.14. The van der Waals surface area contributed by atoms with Crippen molar-refractivity contribution >= 4 is 21.7 Å². The van der Waals surface area contributed by atoms with Gasteiger partial charge in [-0.1, -0.05) is 18.2 Å². The number of hydrogen-bond donors (Lipinski definition) is 1. The molecule has 25 heavy (non-hydrogen) atoms. The Morgan fingerprint density at radius 3 is 2.68 bits per heavy atom. The van der Waals surface area contributed by atoms with E-state index >= 15 is 0 Å². The molecule has 0 aliphatic carbocycles. The molecule has 0 aromatic heterocycles. The SMILES string of the molecule is Cc1cccc(NS(=O)(=O)c2cccc(C(=O)OCCCC#N)c2)c1. The van der Waals surface area contributed by atoms with Crippen molar-refractivity contribution in [1.82, 2.24) is 0 Å². The fourth-order valence-electron chi connectivity index (χ4n) is 2.11. The summed E-state index contributed by atoms with van der Waals surface area (Å²) in [5, 5.41) is 8.45. The zero-order chi connectivity index (χ0) is 18.3. The largest absolute Gasteiger partial charge is 0.462 e. The molecule has 2 rings (SSSR count). The molecule has 0 aliphatic rings. The zero-order valence-corrected chi connectivity index (χ0v) is 14.5. The van der Waals surface area contributed by atoms with Gasteiger partial charge in [-0.25, -0.2) is 13.2 Å². The summed E-state index contributed by atoms with van der Waals surface area (Å²) in [7, 11) is -3.82. The Balaban J connectivity index is 2.14. The molecule has 0 bridgehead atoms. The summed E-state index contributed by atoms with van der Waals surface area (Å²) in [4.78, 5) is 11.9. The van der Waals surface area contributed by atoms with E-state index in [-0.39, 0.29) is 17.1 Å². The Kier molecular flexibility index (Phi) is 6.14. The third-order valence-electron chi connectivity index (χ3n) is 3.32. The van der Waals surface area contributed by atoms with Gasteiger partial charge in [0.05, 0.1) is 23.1 Å². The number of sulfonamides is 1. The van der Waals surface area contributed by atoms with E-state index < -0.39 is 16.0 Å². The molecule has 0 atom stereocenters. The Hall–Kier alpha value is -2.85. The smallest absolute Gasteiger partial charge is 0.338 e. The van der Waals surface area contributed by atoms with Crippen molar-refractivity contribution < 1.29 is 17.9 Å². The van der Waals surface area contributed by atoms with Crippen LogP contribution in [0.1, 0.15) is 28.8 Å². The number of unbranched alkanes of at least 4 members (excludes halogenated alkanes) is 1. The zero-order valence-electron chi connectivity index (χ0n) is 13.7. The number of anilines is 1. The average Bonchev–Trinajstić information content (AvgIpc) is 2.58. The maximum Gasteiger partial charge on any atom is 0.338 e. The molecular weight excluding hydrogens is 340 g/mol. The number of esters is 1. The molecule has 0 spiro atoms. The molecule has 0 aliphatic heterocycles. The number of nitrogens with one attached hydrogen (secondary N) is 1. The Morgan fingerprint density at radius 1 is 1.20 bits per heavy atom. The minimum Gasteiger partial charge on any atom is -0.462 e. The van der Waals surface area contributed by atoms with E-state index in [1.165, 1.54) is 24.3 Å². The highest BCUT2D eigenvalue weighted by molar-refractivity contribution is 7.92. The first kappa shape index (κ1) is 18.5. The van der Waals surface area contributed by atoms with Crippen LogP contribution < -0.4 is 4.72 Å². The summed E-state index contributed by atoms with van der Waals surface area (Å²) in [6, 6.07) is 14.6. The Morgan fingerprint density at radius 2 is 1.96 bits per heavy atom. The number of aryl methyl sites for hydroxylation is 1. The number of ether oxygens (including phenoxy) is 1. The Labute approximate surface area is 147 Å². The molecule has 1 N–H and O–H groups in total. The fraction of sp³-hybridized carbons (Fsp3) is 0.222. The van der Waals surface area contributed by atoms with Crippen LogP contribution in [-0.2, 0) is 14.8 Å². The normalized spacial score (nSPS) is 10.7. The van der Waals surface area contributed by atoms with Gasteiger partial charge in [-0.15, -0.1) is 0 Å². The molecule has 0 fully saturated rings. The first-order valence-electron chi connectivity index (χ1n) is 7.66. The van der Waals surface area contributed by atoms with Gasteiger partial charge in [0.2, 0.25) is 0 Å². The highest BCUT2D eigenvalue weighted by Gasteiger charge is 2.17. The van der Waals surface area contributed by atoms with Gasteiger partial charge < -0.3 is 4.74 Å². The van der Waals surface area contributed by atoms with Crippen molar-refractivity contribution in [3.8, 4) is 6.07 Å². The number of nitrogens with zero attached hydrogens (tertiary/aromatic N) is 1. The molecule has 0 unspecified atom stereocenters. The summed E-state index contributed by atoms with van der Waals surface area (Å²) in [5.41, 5.74) is 1.52. The predicted molar refractivity (Wildman–Crippen MR) is 93.6 cm³/mol. The van der Waals surface area contributed by atoms with Crippen LogP contribution in [0.5, 0.6) is 0 Å².